The molecule has 2 fully saturated rings. The van der Waals surface area contributed by atoms with Crippen LogP contribution in [-0.4, -0.2) is 48.8 Å². The molecule has 2 bridgehead atoms. The number of hydrogen-bond acceptors (Lipinski definition) is 4. The predicted octanol–water partition coefficient (Wildman–Crippen LogP) is -0.788. The summed E-state index contributed by atoms with van der Waals surface area (Å²) in [6.07, 6.45) is 2.47. The summed E-state index contributed by atoms with van der Waals surface area (Å²) in [6.45, 7) is 0.359. The first-order chi connectivity index (χ1) is 7.38. The van der Waals surface area contributed by atoms with Gasteiger partial charge in [0.25, 0.3) is 0 Å². The van der Waals surface area contributed by atoms with Crippen molar-refractivity contribution in [3.05, 3.63) is 0 Å². The predicted molar refractivity (Wildman–Crippen MR) is 57.2 cm³/mol. The van der Waals surface area contributed by atoms with Crippen molar-refractivity contribution < 1.29 is 18.3 Å². The standard InChI is InChI=1S/C9H16N2O4S/c10-16(14,15)4-3-11-6-1-2-8(11)7(5-6)9(12)13/h6-8H,1-5H2,(H,12,13)(H2,10,14,15). The molecule has 2 aliphatic rings. The molecule has 3 atom stereocenters. The van der Waals surface area contributed by atoms with Crippen LogP contribution < -0.4 is 5.14 Å². The molecule has 0 aromatic rings. The number of rotatable bonds is 4. The number of fused-ring (bicyclic) bond motifs is 2. The van der Waals surface area contributed by atoms with E-state index in [9.17, 15) is 13.2 Å². The van der Waals surface area contributed by atoms with E-state index in [1.807, 2.05) is 4.90 Å². The van der Waals surface area contributed by atoms with E-state index in [0.717, 1.165) is 12.8 Å². The van der Waals surface area contributed by atoms with Gasteiger partial charge in [-0.2, -0.15) is 0 Å². The van der Waals surface area contributed by atoms with Gasteiger partial charge in [0.1, 0.15) is 0 Å². The molecule has 7 heteroatoms. The van der Waals surface area contributed by atoms with Gasteiger partial charge in [0.05, 0.1) is 11.7 Å². The van der Waals surface area contributed by atoms with Crippen LogP contribution in [0.5, 0.6) is 0 Å². The molecule has 2 aliphatic heterocycles. The molecule has 6 nitrogen and oxygen atoms in total. The number of carboxylic acid groups (broad SMARTS) is 1. The van der Waals surface area contributed by atoms with Crippen molar-refractivity contribution in [1.82, 2.24) is 4.90 Å². The molecule has 2 heterocycles. The number of hydrogen-bond donors (Lipinski definition) is 2. The Bertz CT molecular complexity index is 394. The summed E-state index contributed by atoms with van der Waals surface area (Å²) in [4.78, 5) is 13.0. The van der Waals surface area contributed by atoms with Crippen molar-refractivity contribution >= 4 is 16.0 Å². The van der Waals surface area contributed by atoms with E-state index in [-0.39, 0.29) is 23.8 Å². The fourth-order valence-corrected chi connectivity index (χ4v) is 3.41. The number of aliphatic carboxylic acids is 1. The van der Waals surface area contributed by atoms with Gasteiger partial charge in [-0.05, 0) is 19.3 Å². The quantitative estimate of drug-likeness (QED) is 0.679. The lowest BCUT2D eigenvalue weighted by Crippen LogP contribution is -2.37. The maximum atomic E-state index is 11.0. The Morgan fingerprint density at radius 1 is 1.44 bits per heavy atom. The third-order valence-corrected chi connectivity index (χ3v) is 4.38. The summed E-state index contributed by atoms with van der Waals surface area (Å²) in [5.74, 6) is -1.20. The van der Waals surface area contributed by atoms with Crippen LogP contribution in [0.25, 0.3) is 0 Å². The molecule has 0 saturated carbocycles. The summed E-state index contributed by atoms with van der Waals surface area (Å²) >= 11 is 0. The minimum atomic E-state index is -3.46. The molecule has 92 valence electrons. The average Bonchev–Trinajstić information content (AvgIpc) is 2.69. The molecule has 0 aromatic heterocycles. The van der Waals surface area contributed by atoms with Crippen LogP contribution in [0.3, 0.4) is 0 Å². The van der Waals surface area contributed by atoms with Crippen LogP contribution in [0.15, 0.2) is 0 Å². The summed E-state index contributed by atoms with van der Waals surface area (Å²) in [5.41, 5.74) is 0. The van der Waals surface area contributed by atoms with E-state index in [0.29, 0.717) is 13.0 Å². The van der Waals surface area contributed by atoms with Crippen LogP contribution >= 0.6 is 0 Å². The largest absolute Gasteiger partial charge is 0.481 e. The van der Waals surface area contributed by atoms with Gasteiger partial charge in [-0.15, -0.1) is 0 Å². The zero-order valence-corrected chi connectivity index (χ0v) is 9.69. The fraction of sp³-hybridized carbons (Fsp3) is 0.889. The van der Waals surface area contributed by atoms with Crippen molar-refractivity contribution in [2.75, 3.05) is 12.3 Å². The highest BCUT2D eigenvalue weighted by Crippen LogP contribution is 2.41. The van der Waals surface area contributed by atoms with Crippen molar-refractivity contribution in [2.45, 2.75) is 31.3 Å². The van der Waals surface area contributed by atoms with Crippen molar-refractivity contribution in [3.63, 3.8) is 0 Å². The molecule has 2 saturated heterocycles. The van der Waals surface area contributed by atoms with Gasteiger partial charge >= 0.3 is 5.97 Å². The van der Waals surface area contributed by atoms with Crippen molar-refractivity contribution in [1.29, 1.82) is 0 Å². The molecule has 16 heavy (non-hydrogen) atoms. The van der Waals surface area contributed by atoms with Crippen LogP contribution in [0.2, 0.25) is 0 Å². The summed E-state index contributed by atoms with van der Waals surface area (Å²) < 4.78 is 21.7. The van der Waals surface area contributed by atoms with Gasteiger partial charge in [0.2, 0.25) is 10.0 Å². The Balaban J connectivity index is 2.00. The van der Waals surface area contributed by atoms with E-state index < -0.39 is 16.0 Å². The van der Waals surface area contributed by atoms with Gasteiger partial charge in [-0.25, -0.2) is 13.6 Å². The normalized spacial score (nSPS) is 34.4. The summed E-state index contributed by atoms with van der Waals surface area (Å²) in [6, 6.07) is 0.233. The minimum Gasteiger partial charge on any atom is -0.481 e. The Hall–Kier alpha value is -0.660. The topological polar surface area (TPSA) is 101 Å². The molecule has 0 radical (unpaired) electrons. The third kappa shape index (κ3) is 2.21. The highest BCUT2D eigenvalue weighted by Gasteiger charge is 2.48. The lowest BCUT2D eigenvalue weighted by molar-refractivity contribution is -0.142. The number of carboxylic acids is 1. The molecule has 0 spiro atoms. The SMILES string of the molecule is NS(=O)(=O)CCN1C2CCC1C(C(=O)O)C2. The fourth-order valence-electron chi connectivity index (χ4n) is 2.95. The van der Waals surface area contributed by atoms with E-state index in [1.54, 1.807) is 0 Å². The second kappa shape index (κ2) is 3.97. The number of primary sulfonamides is 1. The molecule has 2 rings (SSSR count). The Morgan fingerprint density at radius 2 is 2.12 bits per heavy atom. The zero-order valence-electron chi connectivity index (χ0n) is 8.87. The highest BCUT2D eigenvalue weighted by atomic mass is 32.2. The zero-order chi connectivity index (χ0) is 11.9. The number of nitrogens with zero attached hydrogens (tertiary/aromatic N) is 1. The molecule has 0 amide bonds. The highest BCUT2D eigenvalue weighted by molar-refractivity contribution is 7.89. The van der Waals surface area contributed by atoms with Crippen LogP contribution in [0.4, 0.5) is 0 Å². The lowest BCUT2D eigenvalue weighted by atomic mass is 9.89. The van der Waals surface area contributed by atoms with Crippen LogP contribution in [0.1, 0.15) is 19.3 Å². The third-order valence-electron chi connectivity index (χ3n) is 3.63. The Morgan fingerprint density at radius 3 is 2.62 bits per heavy atom. The van der Waals surface area contributed by atoms with E-state index >= 15 is 0 Å². The number of nitrogens with two attached hydrogens (primary N) is 1. The smallest absolute Gasteiger partial charge is 0.308 e. The van der Waals surface area contributed by atoms with Gasteiger partial charge in [0, 0.05) is 18.6 Å². The van der Waals surface area contributed by atoms with Gasteiger partial charge < -0.3 is 5.11 Å². The first-order valence-electron chi connectivity index (χ1n) is 5.37. The maximum Gasteiger partial charge on any atom is 0.308 e. The molecular formula is C9H16N2O4S. The van der Waals surface area contributed by atoms with Crippen LogP contribution in [-0.2, 0) is 14.8 Å². The maximum absolute atomic E-state index is 11.0. The number of sulfonamides is 1. The Kier molecular flexibility index (Phi) is 2.93. The van der Waals surface area contributed by atoms with E-state index in [1.165, 1.54) is 0 Å². The lowest BCUT2D eigenvalue weighted by Gasteiger charge is -2.21. The second-order valence-electron chi connectivity index (χ2n) is 4.58. The first-order valence-corrected chi connectivity index (χ1v) is 7.09. The molecule has 0 aliphatic carbocycles. The Labute approximate surface area is 94.5 Å². The van der Waals surface area contributed by atoms with Gasteiger partial charge in [0.15, 0.2) is 0 Å². The average molecular weight is 248 g/mol. The number of carbonyl (C=O) groups is 1. The monoisotopic (exact) mass is 248 g/mol. The minimum absolute atomic E-state index is 0.00394. The van der Waals surface area contributed by atoms with Crippen LogP contribution in [0, 0.1) is 5.92 Å². The summed E-state index contributed by atoms with van der Waals surface area (Å²) in [5, 5.41) is 14.0. The van der Waals surface area contributed by atoms with E-state index in [4.69, 9.17) is 10.2 Å². The van der Waals surface area contributed by atoms with Crippen molar-refractivity contribution in [2.24, 2.45) is 11.1 Å². The molecule has 0 aromatic carbocycles. The second-order valence-corrected chi connectivity index (χ2v) is 6.32. The van der Waals surface area contributed by atoms with Gasteiger partial charge in [-0.1, -0.05) is 0 Å². The first kappa shape index (κ1) is 11.8. The molecular weight excluding hydrogens is 232 g/mol. The van der Waals surface area contributed by atoms with Crippen molar-refractivity contribution in [3.8, 4) is 0 Å². The molecule has 3 unspecified atom stereocenters. The van der Waals surface area contributed by atoms with Gasteiger partial charge in [-0.3, -0.25) is 9.69 Å². The van der Waals surface area contributed by atoms with E-state index in [2.05, 4.69) is 0 Å². The molecule has 3 N–H and O–H groups in total. The summed E-state index contributed by atoms with van der Waals surface area (Å²) in [7, 11) is -3.46.